The molecule has 0 aromatic carbocycles. The molecule has 0 bridgehead atoms. The molecule has 1 aromatic heterocycles. The predicted octanol–water partition coefficient (Wildman–Crippen LogP) is 2.25. The summed E-state index contributed by atoms with van der Waals surface area (Å²) in [5.74, 6) is 0.389. The fourth-order valence-electron chi connectivity index (χ4n) is 0.751. The summed E-state index contributed by atoms with van der Waals surface area (Å²) >= 11 is 11.1. The molecule has 0 aliphatic carbocycles. The fourth-order valence-corrected chi connectivity index (χ4v) is 1.31. The maximum atomic E-state index is 10.4. The highest BCUT2D eigenvalue weighted by atomic mass is 35.5. The molecule has 1 heterocycles. The molecule has 0 saturated heterocycles. The lowest BCUT2D eigenvalue weighted by molar-refractivity contribution is -0.385. The Labute approximate surface area is 83.9 Å². The van der Waals surface area contributed by atoms with Crippen molar-refractivity contribution in [2.75, 3.05) is 0 Å². The summed E-state index contributed by atoms with van der Waals surface area (Å²) in [5, 5.41) is 9.96. The van der Waals surface area contributed by atoms with Crippen molar-refractivity contribution >= 4 is 28.9 Å². The molecular formula is C6H5Cl2N3O2. The Kier molecular flexibility index (Phi) is 3.00. The summed E-state index contributed by atoms with van der Waals surface area (Å²) in [7, 11) is 0. The number of halogens is 2. The predicted molar refractivity (Wildman–Crippen MR) is 48.1 cm³/mol. The third-order valence-electron chi connectivity index (χ3n) is 1.34. The van der Waals surface area contributed by atoms with Crippen LogP contribution in [0.15, 0.2) is 0 Å². The zero-order chi connectivity index (χ0) is 10.0. The lowest BCUT2D eigenvalue weighted by Gasteiger charge is -1.99. The van der Waals surface area contributed by atoms with Gasteiger partial charge in [0.1, 0.15) is 5.82 Å². The van der Waals surface area contributed by atoms with E-state index in [-0.39, 0.29) is 10.3 Å². The molecular weight excluding hydrogens is 217 g/mol. The molecule has 0 saturated carbocycles. The second-order valence-corrected chi connectivity index (χ2v) is 2.90. The van der Waals surface area contributed by atoms with Crippen molar-refractivity contribution in [2.45, 2.75) is 13.3 Å². The van der Waals surface area contributed by atoms with Crippen LogP contribution in [0, 0.1) is 10.1 Å². The highest BCUT2D eigenvalue weighted by Crippen LogP contribution is 2.28. The minimum absolute atomic E-state index is 0.221. The third-order valence-corrected chi connectivity index (χ3v) is 1.87. The number of hydrogen-bond donors (Lipinski definition) is 0. The zero-order valence-corrected chi connectivity index (χ0v) is 8.13. The number of nitro groups is 1. The van der Waals surface area contributed by atoms with Crippen molar-refractivity contribution in [1.29, 1.82) is 0 Å². The van der Waals surface area contributed by atoms with Crippen LogP contribution in [-0.2, 0) is 6.42 Å². The maximum absolute atomic E-state index is 10.4. The van der Waals surface area contributed by atoms with Gasteiger partial charge < -0.3 is 0 Å². The first-order valence-corrected chi connectivity index (χ1v) is 4.18. The van der Waals surface area contributed by atoms with Crippen LogP contribution < -0.4 is 0 Å². The van der Waals surface area contributed by atoms with Gasteiger partial charge in [-0.15, -0.1) is 0 Å². The Balaban J connectivity index is 3.31. The highest BCUT2D eigenvalue weighted by Gasteiger charge is 2.21. The Morgan fingerprint density at radius 2 is 1.85 bits per heavy atom. The molecule has 0 unspecified atom stereocenters. The summed E-state index contributed by atoms with van der Waals surface area (Å²) < 4.78 is 0. The van der Waals surface area contributed by atoms with Gasteiger partial charge >= 0.3 is 5.69 Å². The molecule has 0 N–H and O–H groups in total. The highest BCUT2D eigenvalue weighted by molar-refractivity contribution is 6.36. The largest absolute Gasteiger partial charge is 0.343 e. The van der Waals surface area contributed by atoms with Gasteiger partial charge in [0.15, 0.2) is 0 Å². The van der Waals surface area contributed by atoms with Crippen LogP contribution in [-0.4, -0.2) is 14.9 Å². The Bertz CT molecular complexity index is 333. The van der Waals surface area contributed by atoms with Gasteiger partial charge in [-0.1, -0.05) is 30.1 Å². The second kappa shape index (κ2) is 3.85. The Hall–Kier alpha value is -0.940. The summed E-state index contributed by atoms with van der Waals surface area (Å²) in [4.78, 5) is 17.1. The third kappa shape index (κ3) is 2.05. The molecule has 0 aliphatic rings. The monoisotopic (exact) mass is 221 g/mol. The van der Waals surface area contributed by atoms with Gasteiger partial charge in [-0.3, -0.25) is 10.1 Å². The van der Waals surface area contributed by atoms with Crippen LogP contribution in [0.2, 0.25) is 10.3 Å². The van der Waals surface area contributed by atoms with E-state index in [4.69, 9.17) is 23.2 Å². The summed E-state index contributed by atoms with van der Waals surface area (Å²) in [6.07, 6.45) is 0.525. The molecule has 5 nitrogen and oxygen atoms in total. The van der Waals surface area contributed by atoms with Crippen molar-refractivity contribution in [3.8, 4) is 0 Å². The number of aryl methyl sites for hydroxylation is 1. The van der Waals surface area contributed by atoms with Crippen LogP contribution in [0.25, 0.3) is 0 Å². The molecule has 0 fully saturated rings. The van der Waals surface area contributed by atoms with Crippen molar-refractivity contribution in [3.63, 3.8) is 0 Å². The van der Waals surface area contributed by atoms with Crippen molar-refractivity contribution < 1.29 is 4.92 Å². The van der Waals surface area contributed by atoms with E-state index in [0.29, 0.717) is 12.2 Å². The van der Waals surface area contributed by atoms with Crippen LogP contribution in [0.5, 0.6) is 0 Å². The standard InChI is InChI=1S/C6H5Cl2N3O2/c1-2-3-9-5(7)4(11(12)13)6(8)10-3/h2H2,1H3. The molecule has 0 atom stereocenters. The molecule has 13 heavy (non-hydrogen) atoms. The van der Waals surface area contributed by atoms with Gasteiger partial charge in [0.2, 0.25) is 10.3 Å². The molecule has 0 aliphatic heterocycles. The number of aromatic nitrogens is 2. The van der Waals surface area contributed by atoms with Crippen LogP contribution in [0.4, 0.5) is 5.69 Å². The Morgan fingerprint density at radius 1 is 1.38 bits per heavy atom. The van der Waals surface area contributed by atoms with E-state index in [0.717, 1.165) is 0 Å². The fraction of sp³-hybridized carbons (Fsp3) is 0.333. The second-order valence-electron chi connectivity index (χ2n) is 2.18. The topological polar surface area (TPSA) is 68.9 Å². The van der Waals surface area contributed by atoms with E-state index < -0.39 is 10.6 Å². The Morgan fingerprint density at radius 3 is 2.15 bits per heavy atom. The zero-order valence-electron chi connectivity index (χ0n) is 6.62. The van der Waals surface area contributed by atoms with Crippen LogP contribution in [0.3, 0.4) is 0 Å². The first-order valence-electron chi connectivity index (χ1n) is 3.42. The van der Waals surface area contributed by atoms with Gasteiger partial charge in [-0.2, -0.15) is 0 Å². The molecule has 1 aromatic rings. The van der Waals surface area contributed by atoms with E-state index in [1.807, 2.05) is 0 Å². The van der Waals surface area contributed by atoms with E-state index in [1.54, 1.807) is 6.92 Å². The van der Waals surface area contributed by atoms with E-state index >= 15 is 0 Å². The quantitative estimate of drug-likeness (QED) is 0.437. The van der Waals surface area contributed by atoms with Gasteiger partial charge in [0, 0.05) is 6.42 Å². The minimum Gasteiger partial charge on any atom is -0.258 e. The SMILES string of the molecule is CCc1nc(Cl)c([N+](=O)[O-])c(Cl)n1. The van der Waals surface area contributed by atoms with Crippen molar-refractivity contribution in [3.05, 3.63) is 26.2 Å². The van der Waals surface area contributed by atoms with Crippen LogP contribution in [0.1, 0.15) is 12.7 Å². The average Bonchev–Trinajstić information content (AvgIpc) is 2.02. The van der Waals surface area contributed by atoms with E-state index in [2.05, 4.69) is 9.97 Å². The van der Waals surface area contributed by atoms with Gasteiger partial charge in [0.25, 0.3) is 0 Å². The average molecular weight is 222 g/mol. The number of rotatable bonds is 2. The van der Waals surface area contributed by atoms with Gasteiger partial charge in [-0.25, -0.2) is 9.97 Å². The van der Waals surface area contributed by atoms with Crippen LogP contribution >= 0.6 is 23.2 Å². The molecule has 1 rings (SSSR count). The molecule has 0 spiro atoms. The maximum Gasteiger partial charge on any atom is 0.343 e. The molecule has 7 heteroatoms. The smallest absolute Gasteiger partial charge is 0.258 e. The summed E-state index contributed by atoms with van der Waals surface area (Å²) in [6, 6.07) is 0. The van der Waals surface area contributed by atoms with Crippen molar-refractivity contribution in [1.82, 2.24) is 9.97 Å². The molecule has 0 amide bonds. The first kappa shape index (κ1) is 10.1. The van der Waals surface area contributed by atoms with Gasteiger partial charge in [0.05, 0.1) is 4.92 Å². The lowest BCUT2D eigenvalue weighted by Crippen LogP contribution is -1.99. The molecule has 70 valence electrons. The van der Waals surface area contributed by atoms with Gasteiger partial charge in [-0.05, 0) is 0 Å². The normalized spacial score (nSPS) is 10.1. The number of nitrogens with zero attached hydrogens (tertiary/aromatic N) is 3. The summed E-state index contributed by atoms with van der Waals surface area (Å²) in [6.45, 7) is 1.80. The number of hydrogen-bond acceptors (Lipinski definition) is 4. The van der Waals surface area contributed by atoms with Crippen molar-refractivity contribution in [2.24, 2.45) is 0 Å². The van der Waals surface area contributed by atoms with E-state index in [9.17, 15) is 10.1 Å². The summed E-state index contributed by atoms with van der Waals surface area (Å²) in [5.41, 5.74) is -0.444. The minimum atomic E-state index is -0.704. The molecule has 0 radical (unpaired) electrons. The lowest BCUT2D eigenvalue weighted by atomic mass is 10.4. The van der Waals surface area contributed by atoms with E-state index in [1.165, 1.54) is 0 Å². The first-order chi connectivity index (χ1) is 6.06.